The Morgan fingerprint density at radius 1 is 1.19 bits per heavy atom. The quantitative estimate of drug-likeness (QED) is 0.737. The second-order valence-electron chi connectivity index (χ2n) is 5.14. The molecule has 1 aliphatic carbocycles. The van der Waals surface area contributed by atoms with Crippen molar-refractivity contribution >= 4 is 11.8 Å². The van der Waals surface area contributed by atoms with Crippen LogP contribution in [0, 0.1) is 0 Å². The summed E-state index contributed by atoms with van der Waals surface area (Å²) in [7, 11) is 0. The van der Waals surface area contributed by atoms with E-state index in [2.05, 4.69) is 55.2 Å². The summed E-state index contributed by atoms with van der Waals surface area (Å²) in [6.45, 7) is 5.85. The third-order valence-corrected chi connectivity index (χ3v) is 5.30. The van der Waals surface area contributed by atoms with Gasteiger partial charge in [-0.25, -0.2) is 0 Å². The number of rotatable bonds is 0. The molecule has 1 aromatic carbocycles. The van der Waals surface area contributed by atoms with Gasteiger partial charge in [0, 0.05) is 23.1 Å². The van der Waals surface area contributed by atoms with Gasteiger partial charge >= 0.3 is 0 Å². The van der Waals surface area contributed by atoms with E-state index >= 15 is 0 Å². The maximum absolute atomic E-state index is 3.73. The monoisotopic (exact) mass is 233 g/mol. The molecule has 0 spiro atoms. The fraction of sp³-hybridized carbons (Fsp3) is 0.571. The Balaban J connectivity index is 1.98. The average Bonchev–Trinajstić information content (AvgIpc) is 2.29. The Hall–Kier alpha value is -0.470. The summed E-state index contributed by atoms with van der Waals surface area (Å²) in [4.78, 5) is 0. The van der Waals surface area contributed by atoms with Crippen LogP contribution in [0.2, 0.25) is 0 Å². The van der Waals surface area contributed by atoms with Crippen LogP contribution in [-0.2, 0) is 0 Å². The van der Waals surface area contributed by atoms with E-state index in [4.69, 9.17) is 0 Å². The SMILES string of the molecule is CC1CNC2c3ccccc3C(C)CC2S1. The molecule has 16 heavy (non-hydrogen) atoms. The van der Waals surface area contributed by atoms with Gasteiger partial charge in [-0.2, -0.15) is 11.8 Å². The van der Waals surface area contributed by atoms with Gasteiger partial charge in [0.2, 0.25) is 0 Å². The van der Waals surface area contributed by atoms with Gasteiger partial charge < -0.3 is 5.32 Å². The van der Waals surface area contributed by atoms with Gasteiger partial charge in [0.1, 0.15) is 0 Å². The van der Waals surface area contributed by atoms with Crippen LogP contribution in [0.1, 0.15) is 43.4 Å². The smallest absolute Gasteiger partial charge is 0.0444 e. The van der Waals surface area contributed by atoms with E-state index in [1.165, 1.54) is 6.42 Å². The van der Waals surface area contributed by atoms with Crippen LogP contribution >= 0.6 is 11.8 Å². The lowest BCUT2D eigenvalue weighted by molar-refractivity contribution is 0.430. The molecule has 0 radical (unpaired) electrons. The normalized spacial score (nSPS) is 37.6. The molecule has 3 rings (SSSR count). The highest BCUT2D eigenvalue weighted by Gasteiger charge is 2.36. The van der Waals surface area contributed by atoms with Crippen molar-refractivity contribution in [3.05, 3.63) is 35.4 Å². The van der Waals surface area contributed by atoms with Gasteiger partial charge in [-0.3, -0.25) is 0 Å². The third-order valence-electron chi connectivity index (χ3n) is 3.85. The van der Waals surface area contributed by atoms with Crippen molar-refractivity contribution in [1.29, 1.82) is 0 Å². The van der Waals surface area contributed by atoms with Crippen LogP contribution in [0.4, 0.5) is 0 Å². The first kappa shape index (κ1) is 10.7. The molecule has 1 N–H and O–H groups in total. The zero-order chi connectivity index (χ0) is 11.1. The van der Waals surface area contributed by atoms with Gasteiger partial charge in [0.25, 0.3) is 0 Å². The lowest BCUT2D eigenvalue weighted by Gasteiger charge is -2.42. The molecule has 1 aliphatic heterocycles. The number of hydrogen-bond donors (Lipinski definition) is 1. The topological polar surface area (TPSA) is 12.0 Å². The van der Waals surface area contributed by atoms with Crippen molar-refractivity contribution in [1.82, 2.24) is 5.32 Å². The third kappa shape index (κ3) is 1.68. The molecule has 4 atom stereocenters. The lowest BCUT2D eigenvalue weighted by Crippen LogP contribution is -2.43. The summed E-state index contributed by atoms with van der Waals surface area (Å²) in [5.41, 5.74) is 3.11. The molecule has 2 heteroatoms. The van der Waals surface area contributed by atoms with E-state index < -0.39 is 0 Å². The summed E-state index contributed by atoms with van der Waals surface area (Å²) in [5.74, 6) is 0.719. The Bertz CT molecular complexity index is 390. The Kier molecular flexibility index (Phi) is 2.72. The first-order valence-corrected chi connectivity index (χ1v) is 7.17. The van der Waals surface area contributed by atoms with E-state index in [-0.39, 0.29) is 0 Å². The second kappa shape index (κ2) is 4.08. The summed E-state index contributed by atoms with van der Waals surface area (Å²) in [6.07, 6.45) is 1.32. The molecule has 0 aromatic heterocycles. The minimum atomic E-state index is 0.591. The van der Waals surface area contributed by atoms with Crippen LogP contribution in [0.25, 0.3) is 0 Å². The number of benzene rings is 1. The van der Waals surface area contributed by atoms with E-state index in [0.29, 0.717) is 6.04 Å². The van der Waals surface area contributed by atoms with Crippen LogP contribution in [0.3, 0.4) is 0 Å². The fourth-order valence-electron chi connectivity index (χ4n) is 3.07. The average molecular weight is 233 g/mol. The molecule has 2 aliphatic rings. The Morgan fingerprint density at radius 2 is 1.94 bits per heavy atom. The highest BCUT2D eigenvalue weighted by atomic mass is 32.2. The van der Waals surface area contributed by atoms with Crippen molar-refractivity contribution in [3.8, 4) is 0 Å². The van der Waals surface area contributed by atoms with Crippen molar-refractivity contribution in [2.75, 3.05) is 6.54 Å². The van der Waals surface area contributed by atoms with E-state index in [1.807, 2.05) is 0 Å². The van der Waals surface area contributed by atoms with Gasteiger partial charge in [0.15, 0.2) is 0 Å². The molecule has 4 unspecified atom stereocenters. The lowest BCUT2D eigenvalue weighted by atomic mass is 9.80. The molecule has 0 amide bonds. The van der Waals surface area contributed by atoms with Crippen molar-refractivity contribution in [2.24, 2.45) is 0 Å². The summed E-state index contributed by atoms with van der Waals surface area (Å²) < 4.78 is 0. The molecule has 1 fully saturated rings. The van der Waals surface area contributed by atoms with Gasteiger partial charge in [0.05, 0.1) is 0 Å². The van der Waals surface area contributed by atoms with Gasteiger partial charge in [-0.1, -0.05) is 38.1 Å². The van der Waals surface area contributed by atoms with Crippen LogP contribution in [0.15, 0.2) is 24.3 Å². The number of nitrogens with one attached hydrogen (secondary N) is 1. The fourth-order valence-corrected chi connectivity index (χ4v) is 4.66. The second-order valence-corrected chi connectivity index (χ2v) is 6.82. The molecule has 1 saturated heterocycles. The van der Waals surface area contributed by atoms with E-state index in [9.17, 15) is 0 Å². The van der Waals surface area contributed by atoms with Gasteiger partial charge in [-0.05, 0) is 23.5 Å². The van der Waals surface area contributed by atoms with E-state index in [0.717, 1.165) is 23.0 Å². The van der Waals surface area contributed by atoms with Crippen molar-refractivity contribution in [2.45, 2.75) is 42.7 Å². The highest BCUT2D eigenvalue weighted by molar-refractivity contribution is 8.00. The number of hydrogen-bond acceptors (Lipinski definition) is 2. The molecule has 86 valence electrons. The highest BCUT2D eigenvalue weighted by Crippen LogP contribution is 2.45. The van der Waals surface area contributed by atoms with Crippen molar-refractivity contribution < 1.29 is 0 Å². The molecular weight excluding hydrogens is 214 g/mol. The largest absolute Gasteiger partial charge is 0.308 e. The number of thioether (sulfide) groups is 1. The zero-order valence-electron chi connectivity index (χ0n) is 9.94. The predicted octanol–water partition coefficient (Wildman–Crippen LogP) is 3.33. The Labute approximate surface area is 102 Å². The summed E-state index contributed by atoms with van der Waals surface area (Å²) >= 11 is 2.18. The molecule has 1 nitrogen and oxygen atoms in total. The maximum Gasteiger partial charge on any atom is 0.0444 e. The molecule has 1 heterocycles. The molecule has 1 aromatic rings. The first-order valence-electron chi connectivity index (χ1n) is 6.23. The maximum atomic E-state index is 3.73. The standard InChI is InChI=1S/C14H19NS/c1-9-7-13-14(15-8-10(2)16-13)12-6-4-3-5-11(9)12/h3-6,9-10,13-15H,7-8H2,1-2H3. The van der Waals surface area contributed by atoms with E-state index in [1.54, 1.807) is 11.1 Å². The first-order chi connectivity index (χ1) is 7.75. The van der Waals surface area contributed by atoms with Gasteiger partial charge in [-0.15, -0.1) is 0 Å². The van der Waals surface area contributed by atoms with Crippen LogP contribution in [-0.4, -0.2) is 17.0 Å². The molecular formula is C14H19NS. The predicted molar refractivity (Wildman–Crippen MR) is 71.1 cm³/mol. The Morgan fingerprint density at radius 3 is 2.75 bits per heavy atom. The van der Waals surface area contributed by atoms with Crippen LogP contribution < -0.4 is 5.32 Å². The van der Waals surface area contributed by atoms with Crippen LogP contribution in [0.5, 0.6) is 0 Å². The minimum absolute atomic E-state index is 0.591. The molecule has 0 saturated carbocycles. The summed E-state index contributed by atoms with van der Waals surface area (Å²) in [6, 6.07) is 9.56. The zero-order valence-corrected chi connectivity index (χ0v) is 10.8. The number of fused-ring (bicyclic) bond motifs is 3. The minimum Gasteiger partial charge on any atom is -0.308 e. The van der Waals surface area contributed by atoms with Crippen molar-refractivity contribution in [3.63, 3.8) is 0 Å². The molecule has 0 bridgehead atoms. The summed E-state index contributed by atoms with van der Waals surface area (Å²) in [5, 5.41) is 5.26.